The van der Waals surface area contributed by atoms with Gasteiger partial charge in [-0.15, -0.1) is 0 Å². The molecule has 0 bridgehead atoms. The summed E-state index contributed by atoms with van der Waals surface area (Å²) in [6.07, 6.45) is 0. The zero-order valence-electron chi connectivity index (χ0n) is 12.2. The molecular weight excluding hydrogens is 254 g/mol. The van der Waals surface area contributed by atoms with Gasteiger partial charge in [0.15, 0.2) is 0 Å². The van der Waals surface area contributed by atoms with Crippen LogP contribution in [-0.2, 0) is 0 Å². The highest BCUT2D eigenvalue weighted by atomic mass is 16.6. The van der Waals surface area contributed by atoms with Crippen LogP contribution in [0.5, 0.6) is 0 Å². The summed E-state index contributed by atoms with van der Waals surface area (Å²) in [4.78, 5) is 13.1. The maximum absolute atomic E-state index is 11.0. The third-order valence-electron chi connectivity index (χ3n) is 5.05. The number of aryl methyl sites for hydroxylation is 1. The second-order valence-corrected chi connectivity index (χ2v) is 6.52. The Labute approximate surface area is 119 Å². The van der Waals surface area contributed by atoms with Crippen molar-refractivity contribution in [3.63, 3.8) is 0 Å². The van der Waals surface area contributed by atoms with Crippen LogP contribution in [-0.4, -0.2) is 30.1 Å². The summed E-state index contributed by atoms with van der Waals surface area (Å²) in [5.74, 6) is 1.25. The van der Waals surface area contributed by atoms with Crippen LogP contribution in [0.25, 0.3) is 0 Å². The fourth-order valence-corrected chi connectivity index (χ4v) is 3.83. The molecule has 5 heteroatoms. The Hall–Kier alpha value is -1.62. The van der Waals surface area contributed by atoms with Crippen molar-refractivity contribution in [2.24, 2.45) is 11.8 Å². The molecular formula is C15H21N3O2. The number of benzene rings is 1. The molecule has 2 aliphatic heterocycles. The molecule has 2 fully saturated rings. The molecule has 1 N–H and O–H groups in total. The number of nitrogens with zero attached hydrogens (tertiary/aromatic N) is 2. The van der Waals surface area contributed by atoms with Gasteiger partial charge in [-0.1, -0.05) is 6.07 Å². The molecule has 3 rings (SSSR count). The van der Waals surface area contributed by atoms with E-state index in [1.807, 2.05) is 13.0 Å². The monoisotopic (exact) mass is 275 g/mol. The van der Waals surface area contributed by atoms with E-state index in [0.717, 1.165) is 30.9 Å². The van der Waals surface area contributed by atoms with Gasteiger partial charge in [0.1, 0.15) is 0 Å². The molecule has 2 aliphatic rings. The fourth-order valence-electron chi connectivity index (χ4n) is 3.83. The molecule has 0 aliphatic carbocycles. The van der Waals surface area contributed by atoms with E-state index in [9.17, 15) is 10.1 Å². The molecule has 0 amide bonds. The largest absolute Gasteiger partial charge is 0.365 e. The molecule has 5 nitrogen and oxygen atoms in total. The molecule has 2 unspecified atom stereocenters. The topological polar surface area (TPSA) is 58.4 Å². The molecule has 2 heterocycles. The van der Waals surface area contributed by atoms with Crippen LogP contribution in [0.1, 0.15) is 19.4 Å². The molecule has 1 aromatic carbocycles. The van der Waals surface area contributed by atoms with E-state index in [4.69, 9.17) is 0 Å². The van der Waals surface area contributed by atoms with E-state index < -0.39 is 0 Å². The lowest BCUT2D eigenvalue weighted by atomic mass is 9.84. The van der Waals surface area contributed by atoms with Crippen molar-refractivity contribution in [1.82, 2.24) is 5.32 Å². The molecule has 20 heavy (non-hydrogen) atoms. The molecule has 0 aromatic heterocycles. The Bertz CT molecular complexity index is 556. The zero-order chi connectivity index (χ0) is 14.5. The number of anilines is 1. The maximum Gasteiger partial charge on any atom is 0.271 e. The first-order valence-corrected chi connectivity index (χ1v) is 7.14. The molecule has 108 valence electrons. The Morgan fingerprint density at radius 1 is 1.40 bits per heavy atom. The Kier molecular flexibility index (Phi) is 2.97. The summed E-state index contributed by atoms with van der Waals surface area (Å²) >= 11 is 0. The molecule has 2 saturated heterocycles. The first-order chi connectivity index (χ1) is 9.41. The van der Waals surface area contributed by atoms with Crippen molar-refractivity contribution in [2.75, 3.05) is 24.5 Å². The molecule has 1 aromatic rings. The third-order valence-corrected chi connectivity index (χ3v) is 5.05. The number of nitro benzene ring substituents is 1. The van der Waals surface area contributed by atoms with Crippen molar-refractivity contribution in [3.8, 4) is 0 Å². The lowest BCUT2D eigenvalue weighted by Crippen LogP contribution is -2.44. The van der Waals surface area contributed by atoms with Gasteiger partial charge in [0, 0.05) is 43.0 Å². The number of hydrogen-bond acceptors (Lipinski definition) is 4. The summed E-state index contributed by atoms with van der Waals surface area (Å²) in [5, 5.41) is 14.5. The van der Waals surface area contributed by atoms with Gasteiger partial charge in [0.25, 0.3) is 5.69 Å². The van der Waals surface area contributed by atoms with Gasteiger partial charge in [0.05, 0.1) is 4.92 Å². The van der Waals surface area contributed by atoms with E-state index in [2.05, 4.69) is 24.1 Å². The maximum atomic E-state index is 11.0. The molecule has 0 spiro atoms. The average molecular weight is 275 g/mol. The highest BCUT2D eigenvalue weighted by Crippen LogP contribution is 2.44. The van der Waals surface area contributed by atoms with Crippen LogP contribution in [0.2, 0.25) is 0 Å². The van der Waals surface area contributed by atoms with Gasteiger partial charge in [-0.3, -0.25) is 10.1 Å². The summed E-state index contributed by atoms with van der Waals surface area (Å²) < 4.78 is 0. The lowest BCUT2D eigenvalue weighted by molar-refractivity contribution is -0.384. The van der Waals surface area contributed by atoms with Gasteiger partial charge in [-0.2, -0.15) is 0 Å². The molecule has 0 radical (unpaired) electrons. The zero-order valence-corrected chi connectivity index (χ0v) is 12.2. The summed E-state index contributed by atoms with van der Waals surface area (Å²) in [6, 6.07) is 5.17. The standard InChI is InChI=1S/C15H21N3O2/c1-10-4-5-12(18(19)20)6-14(10)17-9-11-7-16-8-13(11)15(17,2)3/h4-6,11,13,16H,7-9H2,1-3H3. The Morgan fingerprint density at radius 3 is 2.80 bits per heavy atom. The summed E-state index contributed by atoms with van der Waals surface area (Å²) in [5.41, 5.74) is 2.33. The quantitative estimate of drug-likeness (QED) is 0.665. The minimum atomic E-state index is -0.311. The van der Waals surface area contributed by atoms with E-state index in [0.29, 0.717) is 11.8 Å². The Balaban J connectivity index is 2.01. The number of nitrogens with one attached hydrogen (secondary N) is 1. The third kappa shape index (κ3) is 1.88. The first kappa shape index (κ1) is 13.4. The number of non-ortho nitro benzene ring substituents is 1. The predicted octanol–water partition coefficient (Wildman–Crippen LogP) is 2.34. The SMILES string of the molecule is Cc1ccc([N+](=O)[O-])cc1N1CC2CNCC2C1(C)C. The minimum absolute atomic E-state index is 0.0359. The van der Waals surface area contributed by atoms with E-state index in [-0.39, 0.29) is 16.1 Å². The summed E-state index contributed by atoms with van der Waals surface area (Å²) in [6.45, 7) is 9.61. The van der Waals surface area contributed by atoms with Crippen LogP contribution in [0.4, 0.5) is 11.4 Å². The second-order valence-electron chi connectivity index (χ2n) is 6.52. The average Bonchev–Trinajstić information content (AvgIpc) is 2.93. The first-order valence-electron chi connectivity index (χ1n) is 7.14. The fraction of sp³-hybridized carbons (Fsp3) is 0.600. The van der Waals surface area contributed by atoms with Gasteiger partial charge in [-0.05, 0) is 38.2 Å². The van der Waals surface area contributed by atoms with E-state index in [1.165, 1.54) is 0 Å². The van der Waals surface area contributed by atoms with E-state index >= 15 is 0 Å². The van der Waals surface area contributed by atoms with Crippen molar-refractivity contribution in [3.05, 3.63) is 33.9 Å². The summed E-state index contributed by atoms with van der Waals surface area (Å²) in [7, 11) is 0. The number of nitro groups is 1. The van der Waals surface area contributed by atoms with Crippen LogP contribution in [0.15, 0.2) is 18.2 Å². The Morgan fingerprint density at radius 2 is 2.15 bits per heavy atom. The van der Waals surface area contributed by atoms with Crippen LogP contribution >= 0.6 is 0 Å². The number of hydrogen-bond donors (Lipinski definition) is 1. The van der Waals surface area contributed by atoms with Crippen molar-refractivity contribution >= 4 is 11.4 Å². The van der Waals surface area contributed by atoms with Crippen molar-refractivity contribution in [1.29, 1.82) is 0 Å². The van der Waals surface area contributed by atoms with Crippen molar-refractivity contribution in [2.45, 2.75) is 26.3 Å². The molecule has 2 atom stereocenters. The minimum Gasteiger partial charge on any atom is -0.365 e. The van der Waals surface area contributed by atoms with Crippen LogP contribution in [0.3, 0.4) is 0 Å². The van der Waals surface area contributed by atoms with Crippen LogP contribution < -0.4 is 10.2 Å². The second kappa shape index (κ2) is 4.45. The van der Waals surface area contributed by atoms with Gasteiger partial charge in [0.2, 0.25) is 0 Å². The van der Waals surface area contributed by atoms with E-state index in [1.54, 1.807) is 12.1 Å². The van der Waals surface area contributed by atoms with Gasteiger partial charge < -0.3 is 10.2 Å². The number of fused-ring (bicyclic) bond motifs is 1. The van der Waals surface area contributed by atoms with Gasteiger partial charge >= 0.3 is 0 Å². The number of rotatable bonds is 2. The normalized spacial score (nSPS) is 27.6. The van der Waals surface area contributed by atoms with Crippen LogP contribution in [0, 0.1) is 28.9 Å². The smallest absolute Gasteiger partial charge is 0.271 e. The van der Waals surface area contributed by atoms with Crippen molar-refractivity contribution < 1.29 is 4.92 Å². The highest BCUT2D eigenvalue weighted by Gasteiger charge is 2.49. The predicted molar refractivity (Wildman–Crippen MR) is 79.1 cm³/mol. The lowest BCUT2D eigenvalue weighted by Gasteiger charge is -2.38. The molecule has 0 saturated carbocycles. The van der Waals surface area contributed by atoms with Gasteiger partial charge in [-0.25, -0.2) is 0 Å². The highest BCUT2D eigenvalue weighted by molar-refractivity contribution is 5.61.